The molecule has 3 atom stereocenters. The quantitative estimate of drug-likeness (QED) is 0.625. The first-order valence-corrected chi connectivity index (χ1v) is 7.54. The number of amides is 1. The maximum absolute atomic E-state index is 11.8. The van der Waals surface area contributed by atoms with Crippen LogP contribution in [0.2, 0.25) is 0 Å². The van der Waals surface area contributed by atoms with E-state index >= 15 is 0 Å². The Kier molecular flexibility index (Phi) is 6.96. The molecule has 8 heteroatoms. The molecule has 0 aliphatic carbocycles. The van der Waals surface area contributed by atoms with Crippen LogP contribution in [0.25, 0.3) is 0 Å². The summed E-state index contributed by atoms with van der Waals surface area (Å²) >= 11 is 0. The van der Waals surface area contributed by atoms with Crippen LogP contribution in [0.5, 0.6) is 0 Å². The molecule has 0 bridgehead atoms. The molecule has 0 aromatic rings. The van der Waals surface area contributed by atoms with Gasteiger partial charge in [-0.3, -0.25) is 0 Å². The van der Waals surface area contributed by atoms with Crippen molar-refractivity contribution in [1.29, 1.82) is 0 Å². The Bertz CT molecular complexity index is 457. The van der Waals surface area contributed by atoms with E-state index in [1.807, 2.05) is 6.92 Å². The van der Waals surface area contributed by atoms with Crippen LogP contribution in [-0.4, -0.2) is 48.9 Å². The molecule has 132 valence electrons. The van der Waals surface area contributed by atoms with Crippen molar-refractivity contribution in [2.45, 2.75) is 71.5 Å². The van der Waals surface area contributed by atoms with Gasteiger partial charge in [0.1, 0.15) is 11.3 Å². The maximum atomic E-state index is 11.8. The molecule has 1 heterocycles. The average Bonchev–Trinajstić information content (AvgIpc) is 2.42. The van der Waals surface area contributed by atoms with Crippen molar-refractivity contribution in [2.75, 3.05) is 7.11 Å². The van der Waals surface area contributed by atoms with Gasteiger partial charge in [0.15, 0.2) is 0 Å². The van der Waals surface area contributed by atoms with Crippen LogP contribution in [0.4, 0.5) is 4.79 Å². The molecule has 0 saturated carbocycles. The molecular formula is C15H26N2O6. The summed E-state index contributed by atoms with van der Waals surface area (Å²) in [5.41, 5.74) is -0.0562. The Morgan fingerprint density at radius 2 is 2.04 bits per heavy atom. The molecule has 0 aromatic carbocycles. The highest BCUT2D eigenvalue weighted by Gasteiger charge is 2.33. The lowest BCUT2D eigenvalue weighted by atomic mass is 10.0. The number of carbonyl (C=O) groups is 2. The summed E-state index contributed by atoms with van der Waals surface area (Å²) in [6, 6.07) is -0.266. The number of rotatable bonds is 4. The summed E-state index contributed by atoms with van der Waals surface area (Å²) in [6.45, 7) is 8.49. The molecule has 1 amide bonds. The van der Waals surface area contributed by atoms with Crippen molar-refractivity contribution in [2.24, 2.45) is 5.16 Å². The number of carbonyl (C=O) groups excluding carboxylic acids is 2. The monoisotopic (exact) mass is 330 g/mol. The Morgan fingerprint density at radius 3 is 2.57 bits per heavy atom. The summed E-state index contributed by atoms with van der Waals surface area (Å²) in [6.07, 6.45) is -0.324. The van der Waals surface area contributed by atoms with E-state index in [1.165, 1.54) is 14.0 Å². The normalized spacial score (nSPS) is 24.9. The lowest BCUT2D eigenvalue weighted by molar-refractivity contribution is -0.144. The van der Waals surface area contributed by atoms with Crippen LogP contribution < -0.4 is 5.32 Å². The number of hydrogen-bond donors (Lipinski definition) is 1. The molecule has 1 saturated heterocycles. The zero-order valence-electron chi connectivity index (χ0n) is 14.5. The van der Waals surface area contributed by atoms with Crippen molar-refractivity contribution in [3.05, 3.63) is 0 Å². The minimum absolute atomic E-state index is 0.260. The number of oxime groups is 1. The molecule has 1 aliphatic rings. The van der Waals surface area contributed by atoms with E-state index in [2.05, 4.69) is 15.3 Å². The van der Waals surface area contributed by atoms with Gasteiger partial charge >= 0.3 is 12.1 Å². The van der Waals surface area contributed by atoms with Gasteiger partial charge in [0.05, 0.1) is 12.1 Å². The Morgan fingerprint density at radius 1 is 1.39 bits per heavy atom. The van der Waals surface area contributed by atoms with E-state index in [0.29, 0.717) is 18.6 Å². The third kappa shape index (κ3) is 6.96. The first kappa shape index (κ1) is 19.4. The van der Waals surface area contributed by atoms with Gasteiger partial charge in [-0.1, -0.05) is 5.16 Å². The third-order valence-electron chi connectivity index (χ3n) is 3.06. The molecule has 1 fully saturated rings. The Balaban J connectivity index is 2.58. The van der Waals surface area contributed by atoms with Crippen LogP contribution in [0, 0.1) is 0 Å². The minimum atomic E-state index is -0.712. The van der Waals surface area contributed by atoms with E-state index in [0.717, 1.165) is 0 Å². The standard InChI is InChI=1S/C15H26N2O6/c1-9(16-14(19)22-15(3,4)5)12-8-7-11(13(20-6)21-12)17-23-10(2)18/h9,12-13H,7-8H2,1-6H3,(H,16,19)/t9-,12-,13-/m0/s1. The highest BCUT2D eigenvalue weighted by Crippen LogP contribution is 2.21. The molecule has 0 radical (unpaired) electrons. The van der Waals surface area contributed by atoms with Crippen LogP contribution in [0.1, 0.15) is 47.5 Å². The van der Waals surface area contributed by atoms with Crippen molar-refractivity contribution < 1.29 is 28.6 Å². The number of nitrogens with one attached hydrogen (secondary N) is 1. The first-order chi connectivity index (χ1) is 10.6. The van der Waals surface area contributed by atoms with Crippen LogP contribution in [-0.2, 0) is 23.8 Å². The van der Waals surface area contributed by atoms with Gasteiger partial charge in [0, 0.05) is 14.0 Å². The number of alkyl carbamates (subject to hydrolysis) is 1. The average molecular weight is 330 g/mol. The second-order valence-electron chi connectivity index (χ2n) is 6.38. The van der Waals surface area contributed by atoms with Gasteiger partial charge < -0.3 is 24.4 Å². The molecule has 0 aromatic heterocycles. The molecule has 0 unspecified atom stereocenters. The van der Waals surface area contributed by atoms with Gasteiger partial charge in [-0.2, -0.15) is 0 Å². The van der Waals surface area contributed by atoms with Gasteiger partial charge in [-0.15, -0.1) is 0 Å². The van der Waals surface area contributed by atoms with E-state index in [1.54, 1.807) is 20.8 Å². The smallest absolute Gasteiger partial charge is 0.407 e. The van der Waals surface area contributed by atoms with Gasteiger partial charge in [0.25, 0.3) is 0 Å². The second-order valence-corrected chi connectivity index (χ2v) is 6.38. The summed E-state index contributed by atoms with van der Waals surface area (Å²) in [4.78, 5) is 27.2. The fourth-order valence-electron chi connectivity index (χ4n) is 2.07. The fourth-order valence-corrected chi connectivity index (χ4v) is 2.07. The molecule has 8 nitrogen and oxygen atoms in total. The second kappa shape index (κ2) is 8.26. The Hall–Kier alpha value is -1.67. The summed E-state index contributed by atoms with van der Waals surface area (Å²) < 4.78 is 16.2. The van der Waals surface area contributed by atoms with Crippen LogP contribution in [0.3, 0.4) is 0 Å². The summed E-state index contributed by atoms with van der Waals surface area (Å²) in [5, 5.41) is 6.49. The first-order valence-electron chi connectivity index (χ1n) is 7.54. The zero-order valence-corrected chi connectivity index (χ0v) is 14.5. The molecule has 1 N–H and O–H groups in total. The van der Waals surface area contributed by atoms with Crippen LogP contribution >= 0.6 is 0 Å². The van der Waals surface area contributed by atoms with Gasteiger partial charge in [-0.05, 0) is 40.5 Å². The predicted octanol–water partition coefficient (Wildman–Crippen LogP) is 1.97. The van der Waals surface area contributed by atoms with Crippen molar-refractivity contribution in [1.82, 2.24) is 5.32 Å². The lowest BCUT2D eigenvalue weighted by Crippen LogP contribution is -2.49. The lowest BCUT2D eigenvalue weighted by Gasteiger charge is -2.33. The van der Waals surface area contributed by atoms with Crippen LogP contribution in [0.15, 0.2) is 5.16 Å². The van der Waals surface area contributed by atoms with Crippen molar-refractivity contribution in [3.8, 4) is 0 Å². The highest BCUT2D eigenvalue weighted by molar-refractivity contribution is 5.88. The largest absolute Gasteiger partial charge is 0.444 e. The fraction of sp³-hybridized carbons (Fsp3) is 0.800. The summed E-state index contributed by atoms with van der Waals surface area (Å²) in [7, 11) is 1.47. The molecule has 1 rings (SSSR count). The van der Waals surface area contributed by atoms with Gasteiger partial charge in [-0.25, -0.2) is 9.59 Å². The van der Waals surface area contributed by atoms with E-state index < -0.39 is 24.0 Å². The maximum Gasteiger partial charge on any atom is 0.407 e. The SMILES string of the molecule is CO[C@H]1O[C@H]([C@H](C)NC(=O)OC(C)(C)C)CCC1=NOC(C)=O. The van der Waals surface area contributed by atoms with Crippen molar-refractivity contribution in [3.63, 3.8) is 0 Å². The molecular weight excluding hydrogens is 304 g/mol. The summed E-state index contributed by atoms with van der Waals surface area (Å²) in [5.74, 6) is -0.505. The number of nitrogens with zero attached hydrogens (tertiary/aromatic N) is 1. The molecule has 23 heavy (non-hydrogen) atoms. The van der Waals surface area contributed by atoms with E-state index in [-0.39, 0.29) is 12.1 Å². The third-order valence-corrected chi connectivity index (χ3v) is 3.06. The van der Waals surface area contributed by atoms with Gasteiger partial charge in [0.2, 0.25) is 6.29 Å². The topological polar surface area (TPSA) is 95.5 Å². The Labute approximate surface area is 136 Å². The highest BCUT2D eigenvalue weighted by atomic mass is 16.7. The number of methoxy groups -OCH3 is 1. The van der Waals surface area contributed by atoms with E-state index in [9.17, 15) is 9.59 Å². The minimum Gasteiger partial charge on any atom is -0.444 e. The number of hydrogen-bond acceptors (Lipinski definition) is 7. The zero-order chi connectivity index (χ0) is 17.6. The van der Waals surface area contributed by atoms with Crippen molar-refractivity contribution >= 4 is 17.8 Å². The molecule has 0 spiro atoms. The molecule has 1 aliphatic heterocycles. The number of ether oxygens (including phenoxy) is 3. The predicted molar refractivity (Wildman–Crippen MR) is 82.9 cm³/mol. The van der Waals surface area contributed by atoms with E-state index in [4.69, 9.17) is 14.2 Å².